The summed E-state index contributed by atoms with van der Waals surface area (Å²) in [5.41, 5.74) is -0.139. The SMILES string of the molecule is C[C@]12CC[C@@H](O)C[C@@H]1CC[C@H]1[C@@H]3C[C@H](O)[C@H](O)[C@@]3(C)CO[C@@H]12. The molecule has 0 spiro atoms. The molecule has 0 bridgehead atoms. The molecule has 9 atom stereocenters. The summed E-state index contributed by atoms with van der Waals surface area (Å²) < 4.78 is 6.37. The molecule has 4 nitrogen and oxygen atoms in total. The molecule has 3 aliphatic carbocycles. The van der Waals surface area contributed by atoms with Gasteiger partial charge in [0, 0.05) is 5.41 Å². The Morgan fingerprint density at radius 1 is 0.955 bits per heavy atom. The second-order valence-corrected chi connectivity index (χ2v) is 8.96. The van der Waals surface area contributed by atoms with Crippen LogP contribution in [-0.2, 0) is 4.74 Å². The fraction of sp³-hybridized carbons (Fsp3) is 1.00. The molecule has 4 aliphatic rings. The van der Waals surface area contributed by atoms with E-state index in [4.69, 9.17) is 4.74 Å². The van der Waals surface area contributed by atoms with Crippen molar-refractivity contribution >= 4 is 0 Å². The molecule has 1 heterocycles. The molecular formula is C18H30O4. The van der Waals surface area contributed by atoms with Crippen LogP contribution < -0.4 is 0 Å². The lowest BCUT2D eigenvalue weighted by atomic mass is 9.51. The lowest BCUT2D eigenvalue weighted by molar-refractivity contribution is -0.226. The second-order valence-electron chi connectivity index (χ2n) is 8.96. The van der Waals surface area contributed by atoms with Gasteiger partial charge in [-0.05, 0) is 61.7 Å². The number of aliphatic hydroxyl groups is 3. The summed E-state index contributed by atoms with van der Waals surface area (Å²) in [6, 6.07) is 0. The minimum atomic E-state index is -0.655. The van der Waals surface area contributed by atoms with Crippen molar-refractivity contribution < 1.29 is 20.1 Å². The maximum absolute atomic E-state index is 10.4. The molecule has 0 radical (unpaired) electrons. The zero-order valence-electron chi connectivity index (χ0n) is 13.7. The standard InChI is InChI=1S/C18H30O4/c1-17-6-5-11(19)7-10(17)3-4-12-13-8-14(20)15(21)18(13,2)9-22-16(12)17/h10-16,19-21H,3-9H2,1-2H3/t10-,11+,12-,13-,14-,15-,16-,17-,18-/m0/s1. The highest BCUT2D eigenvalue weighted by atomic mass is 16.5. The zero-order valence-corrected chi connectivity index (χ0v) is 13.7. The summed E-state index contributed by atoms with van der Waals surface area (Å²) in [6.45, 7) is 5.00. The van der Waals surface area contributed by atoms with E-state index >= 15 is 0 Å². The van der Waals surface area contributed by atoms with Crippen LogP contribution in [0.5, 0.6) is 0 Å². The van der Waals surface area contributed by atoms with Crippen molar-refractivity contribution in [3.8, 4) is 0 Å². The van der Waals surface area contributed by atoms with E-state index in [1.54, 1.807) is 0 Å². The molecule has 1 aliphatic heterocycles. The molecule has 22 heavy (non-hydrogen) atoms. The summed E-state index contributed by atoms with van der Waals surface area (Å²) in [4.78, 5) is 0. The molecule has 0 unspecified atom stereocenters. The maximum Gasteiger partial charge on any atom is 0.0877 e. The fourth-order valence-corrected chi connectivity index (χ4v) is 6.42. The van der Waals surface area contributed by atoms with Crippen LogP contribution in [0.1, 0.15) is 52.4 Å². The van der Waals surface area contributed by atoms with E-state index in [1.165, 1.54) is 0 Å². The first-order valence-electron chi connectivity index (χ1n) is 9.02. The second kappa shape index (κ2) is 4.92. The van der Waals surface area contributed by atoms with Gasteiger partial charge in [0.15, 0.2) is 0 Å². The summed E-state index contributed by atoms with van der Waals surface area (Å²) in [5, 5.41) is 30.6. The van der Waals surface area contributed by atoms with Gasteiger partial charge in [-0.3, -0.25) is 0 Å². The minimum absolute atomic E-state index is 0.140. The average molecular weight is 310 g/mol. The van der Waals surface area contributed by atoms with Crippen molar-refractivity contribution in [2.75, 3.05) is 6.61 Å². The molecule has 3 saturated carbocycles. The summed E-state index contributed by atoms with van der Waals surface area (Å²) in [5.74, 6) is 1.36. The lowest BCUT2D eigenvalue weighted by Gasteiger charge is -2.59. The summed E-state index contributed by atoms with van der Waals surface area (Å²) in [6.07, 6.45) is 4.64. The molecule has 0 aromatic heterocycles. The number of aliphatic hydroxyl groups excluding tert-OH is 3. The smallest absolute Gasteiger partial charge is 0.0877 e. The Bertz CT molecular complexity index is 454. The quantitative estimate of drug-likeness (QED) is 0.637. The van der Waals surface area contributed by atoms with Gasteiger partial charge in [-0.15, -0.1) is 0 Å². The number of ether oxygens (including phenoxy) is 1. The first-order valence-corrected chi connectivity index (χ1v) is 9.02. The molecule has 0 amide bonds. The third kappa shape index (κ3) is 1.90. The van der Waals surface area contributed by atoms with Crippen LogP contribution in [0.15, 0.2) is 0 Å². The molecule has 126 valence electrons. The normalized spacial score (nSPS) is 61.2. The van der Waals surface area contributed by atoms with Crippen molar-refractivity contribution in [2.45, 2.75) is 76.8 Å². The van der Waals surface area contributed by atoms with E-state index in [0.29, 0.717) is 30.8 Å². The van der Waals surface area contributed by atoms with Crippen molar-refractivity contribution in [3.63, 3.8) is 0 Å². The van der Waals surface area contributed by atoms with Crippen molar-refractivity contribution in [1.29, 1.82) is 0 Å². The zero-order chi connectivity index (χ0) is 15.7. The van der Waals surface area contributed by atoms with Crippen LogP contribution in [-0.4, -0.2) is 46.3 Å². The molecule has 3 N–H and O–H groups in total. The van der Waals surface area contributed by atoms with Crippen LogP contribution in [0.25, 0.3) is 0 Å². The van der Waals surface area contributed by atoms with Crippen LogP contribution in [0.4, 0.5) is 0 Å². The van der Waals surface area contributed by atoms with Crippen LogP contribution in [0.3, 0.4) is 0 Å². The van der Waals surface area contributed by atoms with E-state index in [9.17, 15) is 15.3 Å². The number of fused-ring (bicyclic) bond motifs is 5. The molecule has 0 aromatic carbocycles. The molecule has 0 aromatic rings. The highest BCUT2D eigenvalue weighted by molar-refractivity contribution is 5.11. The Hall–Kier alpha value is -0.160. The molecule has 4 fully saturated rings. The van der Waals surface area contributed by atoms with Gasteiger partial charge in [0.2, 0.25) is 0 Å². The Morgan fingerprint density at radius 3 is 2.50 bits per heavy atom. The highest BCUT2D eigenvalue weighted by Crippen LogP contribution is 2.61. The Labute approximate surface area is 132 Å². The van der Waals surface area contributed by atoms with E-state index in [-0.39, 0.29) is 23.0 Å². The first-order chi connectivity index (χ1) is 10.4. The van der Waals surface area contributed by atoms with E-state index in [1.807, 2.05) is 0 Å². The molecule has 4 rings (SSSR count). The van der Waals surface area contributed by atoms with Gasteiger partial charge < -0.3 is 20.1 Å². The van der Waals surface area contributed by atoms with Crippen molar-refractivity contribution in [3.05, 3.63) is 0 Å². The van der Waals surface area contributed by atoms with Gasteiger partial charge >= 0.3 is 0 Å². The average Bonchev–Trinajstić information content (AvgIpc) is 2.72. The monoisotopic (exact) mass is 310 g/mol. The summed E-state index contributed by atoms with van der Waals surface area (Å²) >= 11 is 0. The third-order valence-corrected chi connectivity index (χ3v) is 7.87. The van der Waals surface area contributed by atoms with Crippen molar-refractivity contribution in [2.24, 2.45) is 28.6 Å². The Kier molecular flexibility index (Phi) is 3.44. The van der Waals surface area contributed by atoms with Gasteiger partial charge in [0.05, 0.1) is 31.0 Å². The number of hydrogen-bond donors (Lipinski definition) is 3. The first kappa shape index (κ1) is 15.4. The van der Waals surface area contributed by atoms with Gasteiger partial charge in [-0.1, -0.05) is 13.8 Å². The van der Waals surface area contributed by atoms with E-state index in [0.717, 1.165) is 32.1 Å². The van der Waals surface area contributed by atoms with Gasteiger partial charge in [0.25, 0.3) is 0 Å². The Morgan fingerprint density at radius 2 is 1.73 bits per heavy atom. The molecular weight excluding hydrogens is 280 g/mol. The van der Waals surface area contributed by atoms with Crippen LogP contribution in [0, 0.1) is 28.6 Å². The largest absolute Gasteiger partial charge is 0.393 e. The summed E-state index contributed by atoms with van der Waals surface area (Å²) in [7, 11) is 0. The molecule has 4 heteroatoms. The third-order valence-electron chi connectivity index (χ3n) is 7.87. The van der Waals surface area contributed by atoms with E-state index in [2.05, 4.69) is 13.8 Å². The van der Waals surface area contributed by atoms with Crippen molar-refractivity contribution in [1.82, 2.24) is 0 Å². The fourth-order valence-electron chi connectivity index (χ4n) is 6.42. The van der Waals surface area contributed by atoms with Crippen LogP contribution in [0.2, 0.25) is 0 Å². The van der Waals surface area contributed by atoms with Gasteiger partial charge in [0.1, 0.15) is 0 Å². The van der Waals surface area contributed by atoms with Gasteiger partial charge in [-0.2, -0.15) is 0 Å². The topological polar surface area (TPSA) is 69.9 Å². The predicted octanol–water partition coefficient (Wildman–Crippen LogP) is 1.71. The minimum Gasteiger partial charge on any atom is -0.393 e. The molecule has 1 saturated heterocycles. The van der Waals surface area contributed by atoms with Gasteiger partial charge in [-0.25, -0.2) is 0 Å². The highest BCUT2D eigenvalue weighted by Gasteiger charge is 2.63. The van der Waals surface area contributed by atoms with Crippen LogP contribution >= 0.6 is 0 Å². The number of hydrogen-bond acceptors (Lipinski definition) is 4. The maximum atomic E-state index is 10.4. The predicted molar refractivity (Wildman–Crippen MR) is 82.1 cm³/mol. The van der Waals surface area contributed by atoms with E-state index < -0.39 is 12.2 Å². The lowest BCUT2D eigenvalue weighted by Crippen LogP contribution is -2.60. The number of rotatable bonds is 0. The Balaban J connectivity index is 1.63.